The zero-order valence-electron chi connectivity index (χ0n) is 13.8. The van der Waals surface area contributed by atoms with Gasteiger partial charge in [-0.3, -0.25) is 0 Å². The summed E-state index contributed by atoms with van der Waals surface area (Å²) >= 11 is 6.04. The molecule has 1 aromatic rings. The summed E-state index contributed by atoms with van der Waals surface area (Å²) in [5, 5.41) is 15.6. The van der Waals surface area contributed by atoms with Crippen LogP contribution in [0.5, 0.6) is 5.75 Å². The van der Waals surface area contributed by atoms with Gasteiger partial charge in [-0.25, -0.2) is 4.79 Å². The van der Waals surface area contributed by atoms with Crippen LogP contribution in [0.15, 0.2) is 12.1 Å². The zero-order valence-corrected chi connectivity index (χ0v) is 14.5. The third kappa shape index (κ3) is 5.73. The summed E-state index contributed by atoms with van der Waals surface area (Å²) in [6.07, 6.45) is 0.204. The number of carbonyl (C=O) groups is 1. The lowest BCUT2D eigenvalue weighted by atomic mass is 9.87. The van der Waals surface area contributed by atoms with Crippen molar-refractivity contribution in [3.8, 4) is 5.75 Å². The predicted octanol–water partition coefficient (Wildman–Crippen LogP) is 3.58. The maximum atomic E-state index is 12.0. The predicted molar refractivity (Wildman–Crippen MR) is 89.8 cm³/mol. The molecule has 3 N–H and O–H groups in total. The van der Waals surface area contributed by atoms with Gasteiger partial charge >= 0.3 is 6.03 Å². The number of aryl methyl sites for hydroxylation is 1. The summed E-state index contributed by atoms with van der Waals surface area (Å²) in [4.78, 5) is 12.0. The van der Waals surface area contributed by atoms with Gasteiger partial charge in [-0.15, -0.1) is 0 Å². The van der Waals surface area contributed by atoms with Gasteiger partial charge in [0.2, 0.25) is 0 Å². The van der Waals surface area contributed by atoms with E-state index < -0.39 is 6.10 Å². The van der Waals surface area contributed by atoms with Crippen LogP contribution < -0.4 is 15.4 Å². The second kappa shape index (κ2) is 7.70. The van der Waals surface area contributed by atoms with E-state index in [-0.39, 0.29) is 11.4 Å². The molecule has 0 spiro atoms. The molecule has 6 heteroatoms. The van der Waals surface area contributed by atoms with Crippen LogP contribution in [0.3, 0.4) is 0 Å². The lowest BCUT2D eigenvalue weighted by molar-refractivity contribution is 0.129. The van der Waals surface area contributed by atoms with Crippen LogP contribution in [0.25, 0.3) is 0 Å². The van der Waals surface area contributed by atoms with Gasteiger partial charge in [0.15, 0.2) is 0 Å². The Bertz CT molecular complexity index is 530. The average Bonchev–Trinajstić information content (AvgIpc) is 2.39. The summed E-state index contributed by atoms with van der Waals surface area (Å²) in [5.74, 6) is 0.508. The maximum Gasteiger partial charge on any atom is 0.319 e. The third-order valence-electron chi connectivity index (χ3n) is 3.30. The molecule has 0 bridgehead atoms. The van der Waals surface area contributed by atoms with E-state index >= 15 is 0 Å². The molecule has 0 saturated heterocycles. The molecule has 0 saturated carbocycles. The van der Waals surface area contributed by atoms with E-state index in [4.69, 9.17) is 16.3 Å². The summed E-state index contributed by atoms with van der Waals surface area (Å²) < 4.78 is 5.22. The standard InChI is InChI=1S/C16H25ClN2O3/c1-10-6-13(14(22-5)7-12(10)17)19-15(21)18-9-16(3,4)8-11(2)20/h6-7,11,20H,8-9H2,1-5H3,(H2,18,19,21). The molecule has 22 heavy (non-hydrogen) atoms. The quantitative estimate of drug-likeness (QED) is 0.747. The van der Waals surface area contributed by atoms with E-state index in [0.29, 0.717) is 29.4 Å². The van der Waals surface area contributed by atoms with Crippen molar-refractivity contribution in [3.63, 3.8) is 0 Å². The first-order chi connectivity index (χ1) is 10.1. The van der Waals surface area contributed by atoms with E-state index in [2.05, 4.69) is 10.6 Å². The minimum absolute atomic E-state index is 0.189. The number of nitrogens with one attached hydrogen (secondary N) is 2. The van der Waals surface area contributed by atoms with Gasteiger partial charge in [0, 0.05) is 17.6 Å². The molecule has 124 valence electrons. The molecule has 1 atom stereocenters. The number of carbonyl (C=O) groups excluding carboxylic acids is 1. The molecule has 1 unspecified atom stereocenters. The van der Waals surface area contributed by atoms with Gasteiger partial charge in [0.05, 0.1) is 18.9 Å². The number of amides is 2. The van der Waals surface area contributed by atoms with E-state index in [1.54, 1.807) is 19.1 Å². The highest BCUT2D eigenvalue weighted by Crippen LogP contribution is 2.31. The third-order valence-corrected chi connectivity index (χ3v) is 3.71. The molecule has 0 aliphatic heterocycles. The fourth-order valence-corrected chi connectivity index (χ4v) is 2.44. The average molecular weight is 329 g/mol. The normalized spacial score (nSPS) is 12.7. The minimum Gasteiger partial charge on any atom is -0.495 e. The first kappa shape index (κ1) is 18.6. The van der Waals surface area contributed by atoms with Crippen LogP contribution in [-0.4, -0.2) is 30.9 Å². The number of urea groups is 1. The van der Waals surface area contributed by atoms with Gasteiger partial charge < -0.3 is 20.5 Å². The van der Waals surface area contributed by atoms with Gasteiger partial charge in [0.1, 0.15) is 5.75 Å². The number of anilines is 1. The first-order valence-corrected chi connectivity index (χ1v) is 7.59. The summed E-state index contributed by atoms with van der Waals surface area (Å²) in [6.45, 7) is 8.04. The lowest BCUT2D eigenvalue weighted by Crippen LogP contribution is -2.38. The SMILES string of the molecule is COc1cc(Cl)c(C)cc1NC(=O)NCC(C)(C)CC(C)O. The van der Waals surface area contributed by atoms with E-state index in [0.717, 1.165) is 5.56 Å². The van der Waals surface area contributed by atoms with Crippen LogP contribution in [-0.2, 0) is 0 Å². The second-order valence-electron chi connectivity index (χ2n) is 6.33. The van der Waals surface area contributed by atoms with Gasteiger partial charge in [0.25, 0.3) is 0 Å². The largest absolute Gasteiger partial charge is 0.495 e. The molecule has 0 aliphatic rings. The number of methoxy groups -OCH3 is 1. The Labute approximate surface area is 137 Å². The van der Waals surface area contributed by atoms with E-state index in [9.17, 15) is 9.90 Å². The maximum absolute atomic E-state index is 12.0. The summed E-state index contributed by atoms with van der Waals surface area (Å²) in [6, 6.07) is 3.12. The molecule has 2 amide bonds. The van der Waals surface area contributed by atoms with Crippen molar-refractivity contribution in [2.45, 2.75) is 40.2 Å². The molecule has 0 heterocycles. The molecule has 1 rings (SSSR count). The van der Waals surface area contributed by atoms with Crippen molar-refractivity contribution in [1.29, 1.82) is 0 Å². The van der Waals surface area contributed by atoms with Crippen molar-refractivity contribution in [3.05, 3.63) is 22.7 Å². The topological polar surface area (TPSA) is 70.6 Å². The Morgan fingerprint density at radius 2 is 2.09 bits per heavy atom. The molecular weight excluding hydrogens is 304 g/mol. The molecule has 5 nitrogen and oxygen atoms in total. The minimum atomic E-state index is -0.404. The van der Waals surface area contributed by atoms with Crippen LogP contribution in [0.2, 0.25) is 5.02 Å². The highest BCUT2D eigenvalue weighted by atomic mass is 35.5. The van der Waals surface area contributed by atoms with Crippen LogP contribution in [0, 0.1) is 12.3 Å². The van der Waals surface area contributed by atoms with Gasteiger partial charge in [-0.05, 0) is 37.3 Å². The van der Waals surface area contributed by atoms with Crippen molar-refractivity contribution in [2.75, 3.05) is 19.0 Å². The number of ether oxygens (including phenoxy) is 1. The summed E-state index contributed by atoms with van der Waals surface area (Å²) in [7, 11) is 1.52. The van der Waals surface area contributed by atoms with Crippen molar-refractivity contribution in [2.24, 2.45) is 5.41 Å². The molecule has 0 aromatic heterocycles. The van der Waals surface area contributed by atoms with Gasteiger partial charge in [-0.1, -0.05) is 25.4 Å². The van der Waals surface area contributed by atoms with E-state index in [1.165, 1.54) is 7.11 Å². The van der Waals surface area contributed by atoms with Crippen LogP contribution in [0.1, 0.15) is 32.8 Å². The molecule has 0 fully saturated rings. The monoisotopic (exact) mass is 328 g/mol. The molecular formula is C16H25ClN2O3. The van der Waals surface area contributed by atoms with Crippen LogP contribution in [0.4, 0.5) is 10.5 Å². The number of hydrogen-bond acceptors (Lipinski definition) is 3. The Kier molecular flexibility index (Phi) is 6.50. The van der Waals surface area contributed by atoms with Crippen molar-refractivity contribution >= 4 is 23.3 Å². The fraction of sp³-hybridized carbons (Fsp3) is 0.562. The van der Waals surface area contributed by atoms with Crippen LogP contribution >= 0.6 is 11.6 Å². The zero-order chi connectivity index (χ0) is 16.9. The number of aliphatic hydroxyl groups is 1. The fourth-order valence-electron chi connectivity index (χ4n) is 2.29. The summed E-state index contributed by atoms with van der Waals surface area (Å²) in [5.41, 5.74) is 1.23. The molecule has 1 aromatic carbocycles. The lowest BCUT2D eigenvalue weighted by Gasteiger charge is -2.26. The smallest absolute Gasteiger partial charge is 0.319 e. The number of halogens is 1. The van der Waals surface area contributed by atoms with Crippen molar-refractivity contribution in [1.82, 2.24) is 5.32 Å². The molecule has 0 aliphatic carbocycles. The Hall–Kier alpha value is -1.46. The Morgan fingerprint density at radius 3 is 2.64 bits per heavy atom. The van der Waals surface area contributed by atoms with Gasteiger partial charge in [-0.2, -0.15) is 0 Å². The number of hydrogen-bond donors (Lipinski definition) is 3. The first-order valence-electron chi connectivity index (χ1n) is 7.21. The Balaban J connectivity index is 2.68. The number of rotatable bonds is 6. The highest BCUT2D eigenvalue weighted by Gasteiger charge is 2.21. The van der Waals surface area contributed by atoms with Crippen molar-refractivity contribution < 1.29 is 14.6 Å². The molecule has 0 radical (unpaired) electrons. The highest BCUT2D eigenvalue weighted by molar-refractivity contribution is 6.31. The Morgan fingerprint density at radius 1 is 1.45 bits per heavy atom. The number of benzene rings is 1. The second-order valence-corrected chi connectivity index (χ2v) is 6.73. The number of aliphatic hydroxyl groups excluding tert-OH is 1. The van der Waals surface area contributed by atoms with E-state index in [1.807, 2.05) is 20.8 Å².